The minimum Gasteiger partial charge on any atom is -0.394 e. The van der Waals surface area contributed by atoms with E-state index in [0.717, 1.165) is 10.9 Å². The number of aliphatic hydroxyl groups excluding tert-OH is 2. The number of aromatic nitrogens is 2. The maximum Gasteiger partial charge on any atom is 0.224 e. The van der Waals surface area contributed by atoms with Crippen molar-refractivity contribution in [2.75, 3.05) is 30.8 Å². The van der Waals surface area contributed by atoms with Crippen LogP contribution in [-0.2, 0) is 0 Å². The number of fused-ring (bicyclic) bond motifs is 1. The third-order valence-electron chi connectivity index (χ3n) is 2.54. The standard InChI is InChI=1S/C12H16N4O2/c1-13-12-15-10-5-3-2-4-9(10)11(16-12)14-6-8(18)7-17/h2-5,8,17-18H,6-7H2,1H3,(H2,13,14,15,16). The lowest BCUT2D eigenvalue weighted by Crippen LogP contribution is -2.23. The fraction of sp³-hybridized carbons (Fsp3) is 0.333. The van der Waals surface area contributed by atoms with Crippen molar-refractivity contribution in [1.29, 1.82) is 0 Å². The average molecular weight is 248 g/mol. The van der Waals surface area contributed by atoms with Crippen LogP contribution < -0.4 is 10.6 Å². The number of anilines is 2. The molecule has 0 saturated carbocycles. The molecule has 4 N–H and O–H groups in total. The van der Waals surface area contributed by atoms with Crippen LogP contribution in [0, 0.1) is 0 Å². The van der Waals surface area contributed by atoms with E-state index in [-0.39, 0.29) is 13.2 Å². The first-order chi connectivity index (χ1) is 8.74. The van der Waals surface area contributed by atoms with Gasteiger partial charge in [0.2, 0.25) is 5.95 Å². The van der Waals surface area contributed by atoms with Crippen LogP contribution in [0.4, 0.5) is 11.8 Å². The highest BCUT2D eigenvalue weighted by molar-refractivity contribution is 5.89. The number of benzene rings is 1. The minimum absolute atomic E-state index is 0.237. The Morgan fingerprint density at radius 1 is 1.28 bits per heavy atom. The second-order valence-electron chi connectivity index (χ2n) is 3.88. The molecule has 18 heavy (non-hydrogen) atoms. The van der Waals surface area contributed by atoms with Gasteiger partial charge in [0, 0.05) is 19.0 Å². The smallest absolute Gasteiger partial charge is 0.224 e. The number of para-hydroxylation sites is 1. The van der Waals surface area contributed by atoms with E-state index in [4.69, 9.17) is 5.11 Å². The summed E-state index contributed by atoms with van der Waals surface area (Å²) in [4.78, 5) is 8.63. The van der Waals surface area contributed by atoms with Crippen LogP contribution in [0.15, 0.2) is 24.3 Å². The zero-order valence-corrected chi connectivity index (χ0v) is 10.1. The zero-order valence-electron chi connectivity index (χ0n) is 10.1. The van der Waals surface area contributed by atoms with Gasteiger partial charge in [0.15, 0.2) is 0 Å². The van der Waals surface area contributed by atoms with Crippen molar-refractivity contribution in [3.05, 3.63) is 24.3 Å². The first-order valence-corrected chi connectivity index (χ1v) is 5.72. The molecule has 0 spiro atoms. The van der Waals surface area contributed by atoms with Crippen LogP contribution in [-0.4, -0.2) is 46.5 Å². The molecular weight excluding hydrogens is 232 g/mol. The van der Waals surface area contributed by atoms with E-state index in [0.29, 0.717) is 11.8 Å². The van der Waals surface area contributed by atoms with Gasteiger partial charge < -0.3 is 20.8 Å². The molecule has 6 heteroatoms. The normalized spacial score (nSPS) is 12.4. The molecule has 2 aromatic rings. The van der Waals surface area contributed by atoms with Gasteiger partial charge in [0.25, 0.3) is 0 Å². The molecule has 1 aromatic carbocycles. The minimum atomic E-state index is -0.809. The van der Waals surface area contributed by atoms with Crippen molar-refractivity contribution >= 4 is 22.7 Å². The summed E-state index contributed by atoms with van der Waals surface area (Å²) >= 11 is 0. The Labute approximate surface area is 105 Å². The van der Waals surface area contributed by atoms with Crippen molar-refractivity contribution < 1.29 is 10.2 Å². The number of aliphatic hydroxyl groups is 2. The van der Waals surface area contributed by atoms with Gasteiger partial charge in [-0.15, -0.1) is 0 Å². The molecule has 0 saturated heterocycles. The summed E-state index contributed by atoms with van der Waals surface area (Å²) in [6.07, 6.45) is -0.809. The number of nitrogens with one attached hydrogen (secondary N) is 2. The Kier molecular flexibility index (Phi) is 3.91. The predicted octanol–water partition coefficient (Wildman–Crippen LogP) is 0.437. The lowest BCUT2D eigenvalue weighted by atomic mass is 10.2. The Morgan fingerprint density at radius 3 is 2.78 bits per heavy atom. The molecule has 96 valence electrons. The van der Waals surface area contributed by atoms with Crippen molar-refractivity contribution in [3.63, 3.8) is 0 Å². The van der Waals surface area contributed by atoms with Crippen molar-refractivity contribution in [2.45, 2.75) is 6.10 Å². The lowest BCUT2D eigenvalue weighted by molar-refractivity contribution is 0.105. The topological polar surface area (TPSA) is 90.3 Å². The van der Waals surface area contributed by atoms with Crippen LogP contribution in [0.5, 0.6) is 0 Å². The summed E-state index contributed by atoms with van der Waals surface area (Å²) in [5, 5.41) is 24.9. The molecule has 2 rings (SSSR count). The van der Waals surface area contributed by atoms with Gasteiger partial charge in [-0.05, 0) is 12.1 Å². The van der Waals surface area contributed by atoms with Gasteiger partial charge in [0.05, 0.1) is 18.2 Å². The fourth-order valence-electron chi connectivity index (χ4n) is 1.60. The Hall–Kier alpha value is -1.92. The van der Waals surface area contributed by atoms with Crippen molar-refractivity contribution in [3.8, 4) is 0 Å². The predicted molar refractivity (Wildman–Crippen MR) is 70.7 cm³/mol. The summed E-state index contributed by atoms with van der Waals surface area (Å²) < 4.78 is 0. The molecule has 0 amide bonds. The second-order valence-corrected chi connectivity index (χ2v) is 3.88. The zero-order chi connectivity index (χ0) is 13.0. The van der Waals surface area contributed by atoms with E-state index in [1.54, 1.807) is 7.05 Å². The van der Waals surface area contributed by atoms with Gasteiger partial charge in [-0.1, -0.05) is 12.1 Å². The van der Waals surface area contributed by atoms with Crippen LogP contribution in [0.2, 0.25) is 0 Å². The Bertz CT molecular complexity index is 532. The summed E-state index contributed by atoms with van der Waals surface area (Å²) in [5.74, 6) is 1.15. The van der Waals surface area contributed by atoms with E-state index in [2.05, 4.69) is 20.6 Å². The molecule has 0 aliphatic heterocycles. The SMILES string of the molecule is CNc1nc(NCC(O)CO)c2ccccc2n1. The monoisotopic (exact) mass is 248 g/mol. The molecule has 0 aliphatic carbocycles. The van der Waals surface area contributed by atoms with Gasteiger partial charge in [-0.3, -0.25) is 0 Å². The summed E-state index contributed by atoms with van der Waals surface area (Å²) in [6, 6.07) is 7.60. The first kappa shape index (κ1) is 12.5. The summed E-state index contributed by atoms with van der Waals surface area (Å²) in [7, 11) is 1.75. The first-order valence-electron chi connectivity index (χ1n) is 5.72. The molecule has 0 bridgehead atoms. The van der Waals surface area contributed by atoms with E-state index < -0.39 is 6.10 Å². The lowest BCUT2D eigenvalue weighted by Gasteiger charge is -2.12. The number of nitrogens with zero attached hydrogens (tertiary/aromatic N) is 2. The van der Waals surface area contributed by atoms with E-state index in [9.17, 15) is 5.11 Å². The summed E-state index contributed by atoms with van der Waals surface area (Å²) in [5.41, 5.74) is 0.817. The fourth-order valence-corrected chi connectivity index (χ4v) is 1.60. The molecule has 1 heterocycles. The molecule has 0 aliphatic rings. The third kappa shape index (κ3) is 2.66. The second kappa shape index (κ2) is 5.61. The molecule has 0 radical (unpaired) electrons. The number of hydrogen-bond acceptors (Lipinski definition) is 6. The Morgan fingerprint density at radius 2 is 2.06 bits per heavy atom. The molecule has 6 nitrogen and oxygen atoms in total. The molecule has 0 fully saturated rings. The quantitative estimate of drug-likeness (QED) is 0.614. The maximum absolute atomic E-state index is 9.35. The van der Waals surface area contributed by atoms with Gasteiger partial charge in [-0.2, -0.15) is 4.98 Å². The largest absolute Gasteiger partial charge is 0.394 e. The number of hydrogen-bond donors (Lipinski definition) is 4. The van der Waals surface area contributed by atoms with Crippen molar-refractivity contribution in [1.82, 2.24) is 9.97 Å². The molecule has 1 atom stereocenters. The molecular formula is C12H16N4O2. The van der Waals surface area contributed by atoms with Gasteiger partial charge in [0.1, 0.15) is 5.82 Å². The van der Waals surface area contributed by atoms with E-state index in [1.165, 1.54) is 0 Å². The highest BCUT2D eigenvalue weighted by Crippen LogP contribution is 2.21. The van der Waals surface area contributed by atoms with Crippen LogP contribution in [0.1, 0.15) is 0 Å². The number of rotatable bonds is 5. The molecule has 1 aromatic heterocycles. The Balaban J connectivity index is 2.34. The molecule has 1 unspecified atom stereocenters. The highest BCUT2D eigenvalue weighted by atomic mass is 16.3. The summed E-state index contributed by atoms with van der Waals surface area (Å²) in [6.45, 7) is -0.0461. The van der Waals surface area contributed by atoms with Crippen molar-refractivity contribution in [2.24, 2.45) is 0 Å². The maximum atomic E-state index is 9.35. The average Bonchev–Trinajstić information content (AvgIpc) is 2.43. The van der Waals surface area contributed by atoms with Crippen LogP contribution in [0.3, 0.4) is 0 Å². The van der Waals surface area contributed by atoms with E-state index in [1.807, 2.05) is 24.3 Å². The van der Waals surface area contributed by atoms with Crippen LogP contribution in [0.25, 0.3) is 10.9 Å². The van der Waals surface area contributed by atoms with Gasteiger partial charge >= 0.3 is 0 Å². The van der Waals surface area contributed by atoms with E-state index >= 15 is 0 Å². The highest BCUT2D eigenvalue weighted by Gasteiger charge is 2.08. The third-order valence-corrected chi connectivity index (χ3v) is 2.54. The van der Waals surface area contributed by atoms with Crippen LogP contribution >= 0.6 is 0 Å². The van der Waals surface area contributed by atoms with Gasteiger partial charge in [-0.25, -0.2) is 4.98 Å².